The molecule has 4 amide bonds. The Balaban J connectivity index is 1.78. The number of rotatable bonds is 4. The van der Waals surface area contributed by atoms with Crippen molar-refractivity contribution in [1.29, 1.82) is 0 Å². The van der Waals surface area contributed by atoms with Crippen LogP contribution in [-0.4, -0.2) is 35.3 Å². The molecule has 0 bridgehead atoms. The summed E-state index contributed by atoms with van der Waals surface area (Å²) in [5.41, 5.74) is 0.921. The number of carbonyl (C=O) groups excluding carboxylic acids is 3. The first-order chi connectivity index (χ1) is 11.3. The second kappa shape index (κ2) is 5.92. The third kappa shape index (κ3) is 2.56. The quantitative estimate of drug-likeness (QED) is 0.823. The lowest BCUT2D eigenvalue weighted by atomic mass is 9.92. The Morgan fingerprint density at radius 3 is 2.71 bits per heavy atom. The molecule has 0 aromatic heterocycles. The first-order valence-corrected chi connectivity index (χ1v) is 8.37. The average molecular weight is 329 g/mol. The summed E-state index contributed by atoms with van der Waals surface area (Å²) in [5, 5.41) is 5.66. The minimum atomic E-state index is -1.00. The van der Waals surface area contributed by atoms with Crippen molar-refractivity contribution < 1.29 is 14.4 Å². The summed E-state index contributed by atoms with van der Waals surface area (Å²) in [7, 11) is 0. The number of imide groups is 1. The summed E-state index contributed by atoms with van der Waals surface area (Å²) in [5.74, 6) is -0.363. The summed E-state index contributed by atoms with van der Waals surface area (Å²) in [4.78, 5) is 38.4. The minimum Gasteiger partial charge on any atom is -0.352 e. The van der Waals surface area contributed by atoms with Gasteiger partial charge < -0.3 is 10.6 Å². The smallest absolute Gasteiger partial charge is 0.325 e. The predicted octanol–water partition coefficient (Wildman–Crippen LogP) is 1.54. The van der Waals surface area contributed by atoms with Crippen molar-refractivity contribution in [3.05, 3.63) is 35.4 Å². The Hall–Kier alpha value is -2.37. The largest absolute Gasteiger partial charge is 0.352 e. The lowest BCUT2D eigenvalue weighted by Gasteiger charge is -2.23. The molecule has 3 rings (SSSR count). The molecule has 6 nitrogen and oxygen atoms in total. The van der Waals surface area contributed by atoms with Gasteiger partial charge in [0, 0.05) is 6.04 Å². The molecule has 128 valence electrons. The molecule has 2 atom stereocenters. The molecule has 1 aromatic rings. The fraction of sp³-hybridized carbons (Fsp3) is 0.500. The second-order valence-electron chi connectivity index (χ2n) is 6.98. The van der Waals surface area contributed by atoms with Gasteiger partial charge in [-0.05, 0) is 36.8 Å². The summed E-state index contributed by atoms with van der Waals surface area (Å²) >= 11 is 0. The number of aryl methyl sites for hydroxylation is 1. The van der Waals surface area contributed by atoms with Gasteiger partial charge in [0.25, 0.3) is 5.91 Å². The zero-order valence-corrected chi connectivity index (χ0v) is 14.3. The van der Waals surface area contributed by atoms with E-state index >= 15 is 0 Å². The molecule has 1 aliphatic carbocycles. The molecule has 1 aromatic carbocycles. The topological polar surface area (TPSA) is 78.5 Å². The highest BCUT2D eigenvalue weighted by Crippen LogP contribution is 2.41. The number of benzene rings is 1. The van der Waals surface area contributed by atoms with E-state index in [9.17, 15) is 14.4 Å². The normalized spacial score (nSPS) is 23.6. The van der Waals surface area contributed by atoms with Gasteiger partial charge in [0.1, 0.15) is 12.1 Å². The fourth-order valence-corrected chi connectivity index (χ4v) is 3.34. The molecule has 0 radical (unpaired) electrons. The van der Waals surface area contributed by atoms with Crippen LogP contribution in [-0.2, 0) is 21.5 Å². The molecule has 1 aliphatic heterocycles. The predicted molar refractivity (Wildman–Crippen MR) is 89.1 cm³/mol. The van der Waals surface area contributed by atoms with Crippen molar-refractivity contribution in [1.82, 2.24) is 15.5 Å². The van der Waals surface area contributed by atoms with Gasteiger partial charge in [-0.15, -0.1) is 0 Å². The van der Waals surface area contributed by atoms with E-state index in [-0.39, 0.29) is 30.3 Å². The molecule has 2 aliphatic rings. The molecule has 24 heavy (non-hydrogen) atoms. The SMILES string of the molecule is CC(C)[C@@H](C)NC(=O)CN1C(=O)N[C@@]2(CCc3ccccc32)C1=O. The number of nitrogens with zero attached hydrogens (tertiary/aromatic N) is 1. The van der Waals surface area contributed by atoms with Crippen LogP contribution in [0, 0.1) is 5.92 Å². The van der Waals surface area contributed by atoms with E-state index in [4.69, 9.17) is 0 Å². The second-order valence-corrected chi connectivity index (χ2v) is 6.98. The molecule has 2 N–H and O–H groups in total. The lowest BCUT2D eigenvalue weighted by molar-refractivity contribution is -0.135. The zero-order chi connectivity index (χ0) is 17.5. The van der Waals surface area contributed by atoms with Gasteiger partial charge in [-0.2, -0.15) is 0 Å². The summed E-state index contributed by atoms with van der Waals surface area (Å²) in [6.45, 7) is 5.67. The summed E-state index contributed by atoms with van der Waals surface area (Å²) in [6, 6.07) is 7.14. The van der Waals surface area contributed by atoms with E-state index in [1.807, 2.05) is 45.0 Å². The van der Waals surface area contributed by atoms with E-state index < -0.39 is 11.6 Å². The van der Waals surface area contributed by atoms with Crippen LogP contribution in [0.3, 0.4) is 0 Å². The van der Waals surface area contributed by atoms with Crippen LogP contribution < -0.4 is 10.6 Å². The average Bonchev–Trinajstić information content (AvgIpc) is 3.02. The Labute approximate surface area is 141 Å². The van der Waals surface area contributed by atoms with Crippen molar-refractivity contribution in [2.24, 2.45) is 5.92 Å². The van der Waals surface area contributed by atoms with Crippen LogP contribution in [0.25, 0.3) is 0 Å². The van der Waals surface area contributed by atoms with Crippen molar-refractivity contribution in [2.75, 3.05) is 6.54 Å². The van der Waals surface area contributed by atoms with Gasteiger partial charge in [0.2, 0.25) is 5.91 Å². The number of amides is 4. The molecular weight excluding hydrogens is 306 g/mol. The van der Waals surface area contributed by atoms with Crippen LogP contribution in [0.15, 0.2) is 24.3 Å². The zero-order valence-electron chi connectivity index (χ0n) is 14.3. The molecule has 1 saturated heterocycles. The van der Waals surface area contributed by atoms with E-state index in [0.29, 0.717) is 6.42 Å². The monoisotopic (exact) mass is 329 g/mol. The van der Waals surface area contributed by atoms with Gasteiger partial charge in [-0.3, -0.25) is 14.5 Å². The minimum absolute atomic E-state index is 0.0144. The number of carbonyl (C=O) groups is 3. The van der Waals surface area contributed by atoms with Crippen LogP contribution in [0.5, 0.6) is 0 Å². The molecule has 0 saturated carbocycles. The standard InChI is InChI=1S/C18H23N3O3/c1-11(2)12(3)19-15(22)10-21-16(23)18(20-17(21)24)9-8-13-6-4-5-7-14(13)18/h4-7,11-12H,8-10H2,1-3H3,(H,19,22)(H,20,24)/t12-,18-/m1/s1. The number of hydrogen-bond donors (Lipinski definition) is 2. The van der Waals surface area contributed by atoms with Crippen molar-refractivity contribution >= 4 is 17.8 Å². The van der Waals surface area contributed by atoms with Crippen LogP contribution in [0.1, 0.15) is 38.3 Å². The van der Waals surface area contributed by atoms with Crippen molar-refractivity contribution in [3.63, 3.8) is 0 Å². The molecular formula is C18H23N3O3. The van der Waals surface area contributed by atoms with E-state index in [2.05, 4.69) is 10.6 Å². The lowest BCUT2D eigenvalue weighted by Crippen LogP contribution is -2.46. The van der Waals surface area contributed by atoms with Gasteiger partial charge >= 0.3 is 6.03 Å². The van der Waals surface area contributed by atoms with E-state index in [1.165, 1.54) is 0 Å². The maximum atomic E-state index is 12.9. The van der Waals surface area contributed by atoms with Crippen molar-refractivity contribution in [2.45, 2.75) is 45.2 Å². The molecule has 1 fully saturated rings. The maximum Gasteiger partial charge on any atom is 0.325 e. The molecule has 1 heterocycles. The van der Waals surface area contributed by atoms with E-state index in [1.54, 1.807) is 0 Å². The number of urea groups is 1. The first-order valence-electron chi connectivity index (χ1n) is 8.37. The van der Waals surface area contributed by atoms with Gasteiger partial charge in [0.15, 0.2) is 0 Å². The third-order valence-electron chi connectivity index (χ3n) is 5.11. The Morgan fingerprint density at radius 2 is 2.00 bits per heavy atom. The van der Waals surface area contributed by atoms with Crippen LogP contribution >= 0.6 is 0 Å². The molecule has 1 spiro atoms. The molecule has 0 unspecified atom stereocenters. The Bertz CT molecular complexity index is 701. The van der Waals surface area contributed by atoms with Gasteiger partial charge in [-0.1, -0.05) is 38.1 Å². The number of nitrogens with one attached hydrogen (secondary N) is 2. The highest BCUT2D eigenvalue weighted by atomic mass is 16.2. The van der Waals surface area contributed by atoms with Crippen molar-refractivity contribution in [3.8, 4) is 0 Å². The van der Waals surface area contributed by atoms with E-state index in [0.717, 1.165) is 22.4 Å². The summed E-state index contributed by atoms with van der Waals surface area (Å²) in [6.07, 6.45) is 1.28. The van der Waals surface area contributed by atoms with Crippen LogP contribution in [0.4, 0.5) is 4.79 Å². The highest BCUT2D eigenvalue weighted by molar-refractivity contribution is 6.09. The molecule has 6 heteroatoms. The van der Waals surface area contributed by atoms with Crippen LogP contribution in [0.2, 0.25) is 0 Å². The Kier molecular flexibility index (Phi) is 4.07. The van der Waals surface area contributed by atoms with Gasteiger partial charge in [0.05, 0.1) is 0 Å². The third-order valence-corrected chi connectivity index (χ3v) is 5.11. The number of hydrogen-bond acceptors (Lipinski definition) is 3. The number of fused-ring (bicyclic) bond motifs is 2. The van der Waals surface area contributed by atoms with Gasteiger partial charge in [-0.25, -0.2) is 4.79 Å². The Morgan fingerprint density at radius 1 is 1.29 bits per heavy atom. The maximum absolute atomic E-state index is 12.9. The highest BCUT2D eigenvalue weighted by Gasteiger charge is 2.55. The first kappa shape index (κ1) is 16.5. The fourth-order valence-electron chi connectivity index (χ4n) is 3.34. The summed E-state index contributed by atoms with van der Waals surface area (Å²) < 4.78 is 0.